The lowest BCUT2D eigenvalue weighted by atomic mass is 10.2. The van der Waals surface area contributed by atoms with E-state index < -0.39 is 6.43 Å². The summed E-state index contributed by atoms with van der Waals surface area (Å²) in [6.45, 7) is 0. The summed E-state index contributed by atoms with van der Waals surface area (Å²) >= 11 is 8.70. The fourth-order valence-electron chi connectivity index (χ4n) is 0.909. The Morgan fingerprint density at radius 3 is 2.71 bits per heavy atom. The standard InChI is InChI=1S/C8H4BrClF2N2/c9-2-6-7(10)5(8(11)12)1-4(3-13)14-6/h1,8H,2H2. The fourth-order valence-corrected chi connectivity index (χ4v) is 1.72. The molecule has 0 fully saturated rings. The first-order chi connectivity index (χ1) is 6.60. The van der Waals surface area contributed by atoms with Crippen LogP contribution in [0.25, 0.3) is 0 Å². The molecule has 6 heteroatoms. The number of aromatic nitrogens is 1. The second-order valence-electron chi connectivity index (χ2n) is 2.40. The van der Waals surface area contributed by atoms with Gasteiger partial charge in [0.2, 0.25) is 0 Å². The molecule has 0 saturated carbocycles. The van der Waals surface area contributed by atoms with Gasteiger partial charge in [-0.1, -0.05) is 27.5 Å². The highest BCUT2D eigenvalue weighted by atomic mass is 79.9. The third-order valence-corrected chi connectivity index (χ3v) is 2.50. The predicted octanol–water partition coefficient (Wildman–Crippen LogP) is 3.44. The topological polar surface area (TPSA) is 36.7 Å². The van der Waals surface area contributed by atoms with Crippen molar-refractivity contribution in [3.63, 3.8) is 0 Å². The summed E-state index contributed by atoms with van der Waals surface area (Å²) in [7, 11) is 0. The lowest BCUT2D eigenvalue weighted by Gasteiger charge is -2.06. The van der Waals surface area contributed by atoms with Crippen LogP contribution in [0.4, 0.5) is 8.78 Å². The van der Waals surface area contributed by atoms with E-state index in [1.807, 2.05) is 0 Å². The summed E-state index contributed by atoms with van der Waals surface area (Å²) in [5.74, 6) is 0. The number of alkyl halides is 3. The minimum atomic E-state index is -2.70. The molecule has 0 unspecified atom stereocenters. The average Bonchev–Trinajstić information content (AvgIpc) is 2.17. The van der Waals surface area contributed by atoms with Gasteiger partial charge < -0.3 is 0 Å². The summed E-state index contributed by atoms with van der Waals surface area (Å²) in [4.78, 5) is 3.78. The lowest BCUT2D eigenvalue weighted by molar-refractivity contribution is 0.151. The number of hydrogen-bond donors (Lipinski definition) is 0. The molecule has 0 aliphatic carbocycles. The highest BCUT2D eigenvalue weighted by Gasteiger charge is 2.17. The van der Waals surface area contributed by atoms with E-state index in [4.69, 9.17) is 16.9 Å². The highest BCUT2D eigenvalue weighted by Crippen LogP contribution is 2.30. The minimum absolute atomic E-state index is 0.0563. The van der Waals surface area contributed by atoms with Gasteiger partial charge in [-0.2, -0.15) is 5.26 Å². The first-order valence-corrected chi connectivity index (χ1v) is 5.03. The molecule has 0 atom stereocenters. The molecule has 0 aliphatic rings. The fraction of sp³-hybridized carbons (Fsp3) is 0.250. The Morgan fingerprint density at radius 2 is 2.29 bits per heavy atom. The second-order valence-corrected chi connectivity index (χ2v) is 3.34. The molecule has 0 amide bonds. The van der Waals surface area contributed by atoms with Gasteiger partial charge in [0.05, 0.1) is 10.7 Å². The van der Waals surface area contributed by atoms with Crippen LogP contribution in [0.2, 0.25) is 5.02 Å². The van der Waals surface area contributed by atoms with Crippen LogP contribution < -0.4 is 0 Å². The van der Waals surface area contributed by atoms with Gasteiger partial charge in [0.1, 0.15) is 11.8 Å². The second kappa shape index (κ2) is 4.67. The van der Waals surface area contributed by atoms with E-state index in [1.54, 1.807) is 6.07 Å². The molecule has 0 N–H and O–H groups in total. The molecule has 1 heterocycles. The van der Waals surface area contributed by atoms with Crippen molar-refractivity contribution in [3.05, 3.63) is 28.0 Å². The van der Waals surface area contributed by atoms with Gasteiger partial charge in [0.15, 0.2) is 0 Å². The molecule has 0 radical (unpaired) electrons. The Hall–Kier alpha value is -0.730. The van der Waals surface area contributed by atoms with Crippen molar-refractivity contribution < 1.29 is 8.78 Å². The molecule has 0 spiro atoms. The summed E-state index contributed by atoms with van der Waals surface area (Å²) in [5, 5.41) is 8.69. The van der Waals surface area contributed by atoms with Crippen molar-refractivity contribution in [1.82, 2.24) is 4.98 Å². The molecule has 1 aromatic rings. The predicted molar refractivity (Wildman–Crippen MR) is 51.6 cm³/mol. The quantitative estimate of drug-likeness (QED) is 0.779. The van der Waals surface area contributed by atoms with Gasteiger partial charge >= 0.3 is 0 Å². The van der Waals surface area contributed by atoms with E-state index in [9.17, 15) is 8.78 Å². The van der Waals surface area contributed by atoms with Crippen LogP contribution in [0, 0.1) is 11.3 Å². The maximum Gasteiger partial charge on any atom is 0.265 e. The van der Waals surface area contributed by atoms with Gasteiger partial charge in [-0.3, -0.25) is 0 Å². The number of rotatable bonds is 2. The monoisotopic (exact) mass is 280 g/mol. The van der Waals surface area contributed by atoms with Crippen LogP contribution in [-0.2, 0) is 5.33 Å². The van der Waals surface area contributed by atoms with E-state index in [0.29, 0.717) is 0 Å². The first kappa shape index (κ1) is 11.3. The van der Waals surface area contributed by atoms with Gasteiger partial charge in [-0.25, -0.2) is 13.8 Å². The van der Waals surface area contributed by atoms with Gasteiger partial charge in [0.25, 0.3) is 6.43 Å². The lowest BCUT2D eigenvalue weighted by Crippen LogP contribution is -1.97. The third kappa shape index (κ3) is 2.20. The summed E-state index contributed by atoms with van der Waals surface area (Å²) in [6.07, 6.45) is -2.70. The molecule has 74 valence electrons. The van der Waals surface area contributed by atoms with Crippen molar-refractivity contribution in [2.24, 2.45) is 0 Å². The van der Waals surface area contributed by atoms with E-state index in [-0.39, 0.29) is 27.3 Å². The zero-order chi connectivity index (χ0) is 10.7. The molecule has 0 bridgehead atoms. The summed E-state index contributed by atoms with van der Waals surface area (Å²) in [6, 6.07) is 2.70. The molecule has 1 aromatic heterocycles. The Morgan fingerprint density at radius 1 is 1.64 bits per heavy atom. The summed E-state index contributed by atoms with van der Waals surface area (Å²) < 4.78 is 24.8. The zero-order valence-corrected chi connectivity index (χ0v) is 9.11. The molecule has 0 aromatic carbocycles. The number of pyridine rings is 1. The third-order valence-electron chi connectivity index (χ3n) is 1.53. The Bertz CT molecular complexity index is 390. The van der Waals surface area contributed by atoms with Crippen molar-refractivity contribution in [2.75, 3.05) is 0 Å². The Labute approximate surface area is 92.6 Å². The van der Waals surface area contributed by atoms with Crippen LogP contribution in [-0.4, -0.2) is 4.98 Å². The maximum absolute atomic E-state index is 12.4. The Kier molecular flexibility index (Phi) is 3.78. The minimum Gasteiger partial charge on any atom is -0.240 e. The highest BCUT2D eigenvalue weighted by molar-refractivity contribution is 9.08. The smallest absolute Gasteiger partial charge is 0.240 e. The molecule has 0 saturated heterocycles. The number of hydrogen-bond acceptors (Lipinski definition) is 2. The number of nitrogens with zero attached hydrogens (tertiary/aromatic N) is 2. The van der Waals surface area contributed by atoms with E-state index in [0.717, 1.165) is 6.07 Å². The van der Waals surface area contributed by atoms with Crippen LogP contribution in [0.15, 0.2) is 6.07 Å². The number of halogens is 4. The first-order valence-electron chi connectivity index (χ1n) is 3.53. The largest absolute Gasteiger partial charge is 0.265 e. The molecule has 0 aliphatic heterocycles. The average molecular weight is 281 g/mol. The van der Waals surface area contributed by atoms with E-state index in [1.165, 1.54) is 0 Å². The van der Waals surface area contributed by atoms with Crippen molar-refractivity contribution in [2.45, 2.75) is 11.8 Å². The normalized spacial score (nSPS) is 10.3. The molecule has 1 rings (SSSR count). The summed E-state index contributed by atoms with van der Waals surface area (Å²) in [5.41, 5.74) is -0.159. The molecular weight excluding hydrogens is 277 g/mol. The van der Waals surface area contributed by atoms with Crippen LogP contribution in [0.3, 0.4) is 0 Å². The van der Waals surface area contributed by atoms with Crippen LogP contribution in [0.5, 0.6) is 0 Å². The molecular formula is C8H4BrClF2N2. The van der Waals surface area contributed by atoms with Crippen molar-refractivity contribution in [3.8, 4) is 6.07 Å². The maximum atomic E-state index is 12.4. The van der Waals surface area contributed by atoms with Gasteiger partial charge in [-0.05, 0) is 6.07 Å². The SMILES string of the molecule is N#Cc1cc(C(F)F)c(Cl)c(CBr)n1. The van der Waals surface area contributed by atoms with Crippen LogP contribution in [0.1, 0.15) is 23.4 Å². The van der Waals surface area contributed by atoms with Crippen molar-refractivity contribution >= 4 is 27.5 Å². The van der Waals surface area contributed by atoms with E-state index >= 15 is 0 Å². The zero-order valence-electron chi connectivity index (χ0n) is 6.77. The molecule has 14 heavy (non-hydrogen) atoms. The molecule has 2 nitrogen and oxygen atoms in total. The van der Waals surface area contributed by atoms with Crippen molar-refractivity contribution in [1.29, 1.82) is 5.26 Å². The Balaban J connectivity index is 3.36. The van der Waals surface area contributed by atoms with Gasteiger partial charge in [0, 0.05) is 10.9 Å². The number of nitriles is 1. The van der Waals surface area contributed by atoms with E-state index in [2.05, 4.69) is 20.9 Å². The van der Waals surface area contributed by atoms with Crippen LogP contribution >= 0.6 is 27.5 Å². The van der Waals surface area contributed by atoms with Gasteiger partial charge in [-0.15, -0.1) is 0 Å².